The van der Waals surface area contributed by atoms with Crippen LogP contribution in [0.4, 0.5) is 0 Å². The predicted octanol–water partition coefficient (Wildman–Crippen LogP) is 2.45. The Morgan fingerprint density at radius 2 is 1.40 bits per heavy atom. The lowest BCUT2D eigenvalue weighted by Crippen LogP contribution is -2.28. The van der Waals surface area contributed by atoms with E-state index in [0.29, 0.717) is 6.54 Å². The summed E-state index contributed by atoms with van der Waals surface area (Å²) in [6.45, 7) is 0.706. The van der Waals surface area contributed by atoms with Gasteiger partial charge in [-0.05, 0) is 35.4 Å². The Labute approximate surface area is 119 Å². The van der Waals surface area contributed by atoms with Gasteiger partial charge in [0.1, 0.15) is 11.5 Å². The van der Waals surface area contributed by atoms with Crippen LogP contribution >= 0.6 is 0 Å². The maximum Gasteiger partial charge on any atom is 0.118 e. The summed E-state index contributed by atoms with van der Waals surface area (Å²) in [4.78, 5) is 0. The van der Waals surface area contributed by atoms with Crippen LogP contribution in [0, 0.1) is 0 Å². The second-order valence-corrected chi connectivity index (χ2v) is 4.48. The minimum absolute atomic E-state index is 0.206. The second kappa shape index (κ2) is 6.93. The number of rotatable bonds is 6. The summed E-state index contributed by atoms with van der Waals surface area (Å²) in [6, 6.07) is 15.7. The fourth-order valence-electron chi connectivity index (χ4n) is 1.90. The molecule has 0 saturated carbocycles. The molecular formula is C16H20N2O2. The third-order valence-corrected chi connectivity index (χ3v) is 3.16. The molecule has 0 aliphatic carbocycles. The SMILES string of the molecule is COc1ccc(CNC(N)c2ccc(OC)cc2)cc1. The highest BCUT2D eigenvalue weighted by atomic mass is 16.5. The van der Waals surface area contributed by atoms with Crippen molar-refractivity contribution < 1.29 is 9.47 Å². The largest absolute Gasteiger partial charge is 0.497 e. The van der Waals surface area contributed by atoms with Crippen molar-refractivity contribution >= 4 is 0 Å². The van der Waals surface area contributed by atoms with Gasteiger partial charge in [0, 0.05) is 6.54 Å². The summed E-state index contributed by atoms with van der Waals surface area (Å²) in [5.41, 5.74) is 8.30. The smallest absolute Gasteiger partial charge is 0.118 e. The summed E-state index contributed by atoms with van der Waals surface area (Å²) < 4.78 is 10.3. The molecule has 0 amide bonds. The summed E-state index contributed by atoms with van der Waals surface area (Å²) >= 11 is 0. The van der Waals surface area contributed by atoms with Crippen LogP contribution in [-0.2, 0) is 6.54 Å². The van der Waals surface area contributed by atoms with Crippen LogP contribution in [0.15, 0.2) is 48.5 Å². The van der Waals surface area contributed by atoms with Gasteiger partial charge in [0.2, 0.25) is 0 Å². The topological polar surface area (TPSA) is 56.5 Å². The Hall–Kier alpha value is -2.04. The van der Waals surface area contributed by atoms with Crippen molar-refractivity contribution in [2.75, 3.05) is 14.2 Å². The van der Waals surface area contributed by atoms with Crippen LogP contribution < -0.4 is 20.5 Å². The fraction of sp³-hybridized carbons (Fsp3) is 0.250. The van der Waals surface area contributed by atoms with E-state index in [9.17, 15) is 0 Å². The zero-order chi connectivity index (χ0) is 14.4. The Morgan fingerprint density at radius 3 is 1.90 bits per heavy atom. The molecular weight excluding hydrogens is 252 g/mol. The lowest BCUT2D eigenvalue weighted by atomic mass is 10.1. The number of hydrogen-bond donors (Lipinski definition) is 2. The van der Waals surface area contributed by atoms with Crippen molar-refractivity contribution in [1.82, 2.24) is 5.32 Å². The molecule has 2 rings (SSSR count). The molecule has 106 valence electrons. The molecule has 4 nitrogen and oxygen atoms in total. The molecule has 0 aromatic heterocycles. The van der Waals surface area contributed by atoms with Gasteiger partial charge in [0.05, 0.1) is 20.4 Å². The van der Waals surface area contributed by atoms with Gasteiger partial charge in [-0.25, -0.2) is 0 Å². The number of hydrogen-bond acceptors (Lipinski definition) is 4. The quantitative estimate of drug-likeness (QED) is 0.793. The predicted molar refractivity (Wildman–Crippen MR) is 79.8 cm³/mol. The maximum absolute atomic E-state index is 6.11. The van der Waals surface area contributed by atoms with Gasteiger partial charge in [0.15, 0.2) is 0 Å². The number of nitrogens with one attached hydrogen (secondary N) is 1. The van der Waals surface area contributed by atoms with Gasteiger partial charge >= 0.3 is 0 Å². The molecule has 0 aliphatic rings. The third kappa shape index (κ3) is 3.73. The first-order chi connectivity index (χ1) is 9.72. The average Bonchev–Trinajstić information content (AvgIpc) is 2.53. The van der Waals surface area contributed by atoms with Crippen molar-refractivity contribution in [1.29, 1.82) is 0 Å². The lowest BCUT2D eigenvalue weighted by Gasteiger charge is -2.15. The molecule has 4 heteroatoms. The van der Waals surface area contributed by atoms with Gasteiger partial charge in [-0.3, -0.25) is 5.32 Å². The van der Waals surface area contributed by atoms with Crippen LogP contribution in [0.5, 0.6) is 11.5 Å². The normalized spacial score (nSPS) is 11.9. The van der Waals surface area contributed by atoms with Gasteiger partial charge in [-0.2, -0.15) is 0 Å². The zero-order valence-corrected chi connectivity index (χ0v) is 11.8. The van der Waals surface area contributed by atoms with Crippen LogP contribution in [0.1, 0.15) is 17.3 Å². The third-order valence-electron chi connectivity index (χ3n) is 3.16. The van der Waals surface area contributed by atoms with Crippen molar-refractivity contribution in [2.45, 2.75) is 12.7 Å². The minimum atomic E-state index is -0.206. The molecule has 0 aliphatic heterocycles. The highest BCUT2D eigenvalue weighted by Crippen LogP contribution is 2.16. The van der Waals surface area contributed by atoms with E-state index < -0.39 is 0 Å². The van der Waals surface area contributed by atoms with E-state index in [1.54, 1.807) is 14.2 Å². The van der Waals surface area contributed by atoms with Crippen molar-refractivity contribution in [3.63, 3.8) is 0 Å². The molecule has 2 aromatic rings. The zero-order valence-electron chi connectivity index (χ0n) is 11.8. The molecule has 20 heavy (non-hydrogen) atoms. The highest BCUT2D eigenvalue weighted by molar-refractivity contribution is 5.29. The first-order valence-electron chi connectivity index (χ1n) is 6.49. The first-order valence-corrected chi connectivity index (χ1v) is 6.49. The van der Waals surface area contributed by atoms with Gasteiger partial charge in [0.25, 0.3) is 0 Å². The molecule has 3 N–H and O–H groups in total. The molecule has 0 fully saturated rings. The molecule has 2 aromatic carbocycles. The van der Waals surface area contributed by atoms with Crippen molar-refractivity contribution in [3.05, 3.63) is 59.7 Å². The monoisotopic (exact) mass is 272 g/mol. The van der Waals surface area contributed by atoms with E-state index in [4.69, 9.17) is 15.2 Å². The average molecular weight is 272 g/mol. The summed E-state index contributed by atoms with van der Waals surface area (Å²) in [6.07, 6.45) is -0.206. The second-order valence-electron chi connectivity index (χ2n) is 4.48. The lowest BCUT2D eigenvalue weighted by molar-refractivity contribution is 0.414. The summed E-state index contributed by atoms with van der Waals surface area (Å²) in [7, 11) is 3.31. The van der Waals surface area contributed by atoms with Crippen LogP contribution in [0.2, 0.25) is 0 Å². The summed E-state index contributed by atoms with van der Waals surface area (Å²) in [5.74, 6) is 1.68. The molecule has 1 unspecified atom stereocenters. The maximum atomic E-state index is 6.11. The first kappa shape index (κ1) is 14.4. The van der Waals surface area contributed by atoms with E-state index in [0.717, 1.165) is 22.6 Å². The van der Waals surface area contributed by atoms with Gasteiger partial charge in [-0.15, -0.1) is 0 Å². The van der Waals surface area contributed by atoms with Crippen LogP contribution in [-0.4, -0.2) is 14.2 Å². The van der Waals surface area contributed by atoms with E-state index in [-0.39, 0.29) is 6.17 Å². The molecule has 0 bridgehead atoms. The molecule has 0 heterocycles. The number of methoxy groups -OCH3 is 2. The molecule has 1 atom stereocenters. The standard InChI is InChI=1S/C16H20N2O2/c1-19-14-7-3-12(4-8-14)11-18-16(17)13-5-9-15(20-2)10-6-13/h3-10,16,18H,11,17H2,1-2H3. The van der Waals surface area contributed by atoms with Gasteiger partial charge in [-0.1, -0.05) is 24.3 Å². The number of ether oxygens (including phenoxy) is 2. The Bertz CT molecular complexity index is 523. The Kier molecular flexibility index (Phi) is 4.98. The molecule has 0 radical (unpaired) electrons. The van der Waals surface area contributed by atoms with Crippen molar-refractivity contribution in [3.8, 4) is 11.5 Å². The van der Waals surface area contributed by atoms with E-state index in [2.05, 4.69) is 5.32 Å². The van der Waals surface area contributed by atoms with Crippen molar-refractivity contribution in [2.24, 2.45) is 5.73 Å². The fourth-order valence-corrected chi connectivity index (χ4v) is 1.90. The Morgan fingerprint density at radius 1 is 0.900 bits per heavy atom. The van der Waals surface area contributed by atoms with Crippen LogP contribution in [0.3, 0.4) is 0 Å². The van der Waals surface area contributed by atoms with E-state index in [1.807, 2.05) is 48.5 Å². The van der Waals surface area contributed by atoms with Crippen LogP contribution in [0.25, 0.3) is 0 Å². The summed E-state index contributed by atoms with van der Waals surface area (Å²) in [5, 5.41) is 3.29. The van der Waals surface area contributed by atoms with Gasteiger partial charge < -0.3 is 15.2 Å². The minimum Gasteiger partial charge on any atom is -0.497 e. The molecule has 0 spiro atoms. The van der Waals surface area contributed by atoms with E-state index >= 15 is 0 Å². The highest BCUT2D eigenvalue weighted by Gasteiger charge is 2.05. The number of nitrogens with two attached hydrogens (primary N) is 1. The Balaban J connectivity index is 1.91. The molecule has 0 saturated heterocycles. The number of benzene rings is 2. The van der Waals surface area contributed by atoms with E-state index in [1.165, 1.54) is 0 Å².